The molecule has 0 aromatic heterocycles. The van der Waals surface area contributed by atoms with E-state index in [1.165, 1.54) is 25.3 Å². The first-order chi connectivity index (χ1) is 9.20. The smallest absolute Gasteiger partial charge is 0.131 e. The summed E-state index contributed by atoms with van der Waals surface area (Å²) in [5.41, 5.74) is 0.712. The van der Waals surface area contributed by atoms with Gasteiger partial charge in [0.1, 0.15) is 11.6 Å². The Morgan fingerprint density at radius 2 is 2.21 bits per heavy atom. The molecule has 1 unspecified atom stereocenters. The summed E-state index contributed by atoms with van der Waals surface area (Å²) in [5.74, 6) is 1.14. The Kier molecular flexibility index (Phi) is 5.20. The quantitative estimate of drug-likeness (QED) is 0.802. The normalized spacial score (nSPS) is 17.0. The second-order valence-electron chi connectivity index (χ2n) is 5.47. The predicted octanol–water partition coefficient (Wildman–Crippen LogP) is 4.07. The molecule has 1 aliphatic carbocycles. The van der Waals surface area contributed by atoms with Crippen LogP contribution in [0.1, 0.15) is 51.1 Å². The molecule has 0 heterocycles. The SMILES string of the molecule is CCCNC(C)c1ccc(OCC2CCC2)cc1F. The van der Waals surface area contributed by atoms with E-state index >= 15 is 0 Å². The van der Waals surface area contributed by atoms with Gasteiger partial charge in [0.25, 0.3) is 0 Å². The van der Waals surface area contributed by atoms with Gasteiger partial charge in [0.05, 0.1) is 6.61 Å². The van der Waals surface area contributed by atoms with Gasteiger partial charge in [0.2, 0.25) is 0 Å². The van der Waals surface area contributed by atoms with Crippen molar-refractivity contribution in [3.8, 4) is 5.75 Å². The molecule has 0 bridgehead atoms. The molecule has 0 amide bonds. The molecule has 1 aromatic rings. The molecular formula is C16H24FNO. The zero-order valence-electron chi connectivity index (χ0n) is 11.9. The third-order valence-electron chi connectivity index (χ3n) is 3.85. The van der Waals surface area contributed by atoms with Crippen LogP contribution < -0.4 is 10.1 Å². The Labute approximate surface area is 115 Å². The van der Waals surface area contributed by atoms with Crippen molar-refractivity contribution >= 4 is 0 Å². The Morgan fingerprint density at radius 1 is 1.42 bits per heavy atom. The maximum Gasteiger partial charge on any atom is 0.131 e. The van der Waals surface area contributed by atoms with Crippen molar-refractivity contribution in [3.63, 3.8) is 0 Å². The topological polar surface area (TPSA) is 21.3 Å². The molecule has 0 aliphatic heterocycles. The van der Waals surface area contributed by atoms with Gasteiger partial charge in [-0.2, -0.15) is 0 Å². The summed E-state index contributed by atoms with van der Waals surface area (Å²) in [5, 5.41) is 3.30. The van der Waals surface area contributed by atoms with Crippen molar-refractivity contribution in [3.05, 3.63) is 29.6 Å². The van der Waals surface area contributed by atoms with Crippen molar-refractivity contribution in [1.29, 1.82) is 0 Å². The molecule has 1 saturated carbocycles. The molecule has 2 rings (SSSR count). The first kappa shape index (κ1) is 14.3. The largest absolute Gasteiger partial charge is 0.493 e. The molecule has 1 fully saturated rings. The Morgan fingerprint density at radius 3 is 2.79 bits per heavy atom. The molecule has 3 heteroatoms. The third kappa shape index (κ3) is 3.93. The molecular weight excluding hydrogens is 241 g/mol. The van der Waals surface area contributed by atoms with E-state index in [0.29, 0.717) is 17.2 Å². The fourth-order valence-electron chi connectivity index (χ4n) is 2.29. The molecule has 2 nitrogen and oxygen atoms in total. The molecule has 19 heavy (non-hydrogen) atoms. The van der Waals surface area contributed by atoms with Gasteiger partial charge in [0.15, 0.2) is 0 Å². The zero-order valence-corrected chi connectivity index (χ0v) is 11.9. The van der Waals surface area contributed by atoms with E-state index < -0.39 is 0 Å². The van der Waals surface area contributed by atoms with Crippen LogP contribution in [0.15, 0.2) is 18.2 Å². The van der Waals surface area contributed by atoms with E-state index in [0.717, 1.165) is 19.6 Å². The van der Waals surface area contributed by atoms with E-state index in [1.54, 1.807) is 0 Å². The number of rotatable bonds is 7. The summed E-state index contributed by atoms with van der Waals surface area (Å²) in [6.45, 7) is 5.72. The van der Waals surface area contributed by atoms with Crippen molar-refractivity contribution in [1.82, 2.24) is 5.32 Å². The first-order valence-corrected chi connectivity index (χ1v) is 7.36. The van der Waals surface area contributed by atoms with E-state index in [-0.39, 0.29) is 11.9 Å². The number of hydrogen-bond acceptors (Lipinski definition) is 2. The summed E-state index contributed by atoms with van der Waals surface area (Å²) < 4.78 is 19.7. The van der Waals surface area contributed by atoms with Gasteiger partial charge in [0, 0.05) is 17.7 Å². The molecule has 1 aromatic carbocycles. The molecule has 0 radical (unpaired) electrons. The predicted molar refractivity (Wildman–Crippen MR) is 75.9 cm³/mol. The van der Waals surface area contributed by atoms with Gasteiger partial charge in [-0.15, -0.1) is 0 Å². The monoisotopic (exact) mass is 265 g/mol. The number of halogens is 1. The molecule has 1 atom stereocenters. The number of benzene rings is 1. The molecule has 106 valence electrons. The van der Waals surface area contributed by atoms with Crippen molar-refractivity contribution in [2.75, 3.05) is 13.2 Å². The maximum atomic E-state index is 14.0. The van der Waals surface area contributed by atoms with Gasteiger partial charge in [-0.1, -0.05) is 19.4 Å². The van der Waals surface area contributed by atoms with Crippen LogP contribution in [0.3, 0.4) is 0 Å². The highest BCUT2D eigenvalue weighted by atomic mass is 19.1. The first-order valence-electron chi connectivity index (χ1n) is 7.36. The van der Waals surface area contributed by atoms with Gasteiger partial charge < -0.3 is 10.1 Å². The maximum absolute atomic E-state index is 14.0. The molecule has 0 spiro atoms. The average Bonchev–Trinajstić information content (AvgIpc) is 2.34. The minimum Gasteiger partial charge on any atom is -0.493 e. The summed E-state index contributed by atoms with van der Waals surface area (Å²) >= 11 is 0. The van der Waals surface area contributed by atoms with Crippen LogP contribution in [-0.2, 0) is 0 Å². The van der Waals surface area contributed by atoms with Gasteiger partial charge in [-0.25, -0.2) is 4.39 Å². The van der Waals surface area contributed by atoms with Crippen LogP contribution in [0.5, 0.6) is 5.75 Å². The van der Waals surface area contributed by atoms with Gasteiger partial charge >= 0.3 is 0 Å². The second-order valence-corrected chi connectivity index (χ2v) is 5.47. The minimum absolute atomic E-state index is 0.0423. The van der Waals surface area contributed by atoms with Crippen LogP contribution in [-0.4, -0.2) is 13.2 Å². The van der Waals surface area contributed by atoms with Crippen molar-refractivity contribution in [2.45, 2.75) is 45.6 Å². The lowest BCUT2D eigenvalue weighted by Gasteiger charge is -2.25. The highest BCUT2D eigenvalue weighted by Crippen LogP contribution is 2.28. The van der Waals surface area contributed by atoms with Gasteiger partial charge in [-0.05, 0) is 44.7 Å². The third-order valence-corrected chi connectivity index (χ3v) is 3.85. The average molecular weight is 265 g/mol. The second kappa shape index (κ2) is 6.90. The number of nitrogens with one attached hydrogen (secondary N) is 1. The van der Waals surface area contributed by atoms with E-state index in [1.807, 2.05) is 19.1 Å². The number of ether oxygens (including phenoxy) is 1. The highest BCUT2D eigenvalue weighted by molar-refractivity contribution is 5.30. The fourth-order valence-corrected chi connectivity index (χ4v) is 2.29. The summed E-state index contributed by atoms with van der Waals surface area (Å²) in [7, 11) is 0. The standard InChI is InChI=1S/C16H24FNO/c1-3-9-18-12(2)15-8-7-14(10-16(15)17)19-11-13-5-4-6-13/h7-8,10,12-13,18H,3-6,9,11H2,1-2H3. The highest BCUT2D eigenvalue weighted by Gasteiger charge is 2.18. The van der Waals surface area contributed by atoms with Crippen LogP contribution in [0, 0.1) is 11.7 Å². The lowest BCUT2D eigenvalue weighted by atomic mass is 9.86. The zero-order chi connectivity index (χ0) is 13.7. The summed E-state index contributed by atoms with van der Waals surface area (Å²) in [4.78, 5) is 0. The lowest BCUT2D eigenvalue weighted by molar-refractivity contribution is 0.180. The van der Waals surface area contributed by atoms with E-state index in [4.69, 9.17) is 4.74 Å². The fraction of sp³-hybridized carbons (Fsp3) is 0.625. The molecule has 0 saturated heterocycles. The van der Waals surface area contributed by atoms with Crippen LogP contribution in [0.4, 0.5) is 4.39 Å². The van der Waals surface area contributed by atoms with Crippen LogP contribution in [0.25, 0.3) is 0 Å². The molecule has 1 aliphatic rings. The lowest BCUT2D eigenvalue weighted by Crippen LogP contribution is -2.21. The Bertz CT molecular complexity index is 404. The Balaban J connectivity index is 1.91. The van der Waals surface area contributed by atoms with Crippen LogP contribution >= 0.6 is 0 Å². The van der Waals surface area contributed by atoms with E-state index in [2.05, 4.69) is 12.2 Å². The summed E-state index contributed by atoms with van der Waals surface area (Å²) in [6, 6.07) is 5.26. The Hall–Kier alpha value is -1.09. The molecule has 1 N–H and O–H groups in total. The van der Waals surface area contributed by atoms with Crippen molar-refractivity contribution in [2.24, 2.45) is 5.92 Å². The number of hydrogen-bond donors (Lipinski definition) is 1. The minimum atomic E-state index is -0.179. The summed E-state index contributed by atoms with van der Waals surface area (Å²) in [6.07, 6.45) is 4.85. The van der Waals surface area contributed by atoms with Crippen LogP contribution in [0.2, 0.25) is 0 Å². The van der Waals surface area contributed by atoms with Crippen molar-refractivity contribution < 1.29 is 9.13 Å². The van der Waals surface area contributed by atoms with Gasteiger partial charge in [-0.3, -0.25) is 0 Å². The van der Waals surface area contributed by atoms with E-state index in [9.17, 15) is 4.39 Å².